The van der Waals surface area contributed by atoms with Gasteiger partial charge in [-0.05, 0) is 25.0 Å². The number of pyridine rings is 1. The van der Waals surface area contributed by atoms with E-state index in [2.05, 4.69) is 15.3 Å². The van der Waals surface area contributed by atoms with Gasteiger partial charge in [-0.3, -0.25) is 9.79 Å². The van der Waals surface area contributed by atoms with Crippen LogP contribution in [0.2, 0.25) is 0 Å². The van der Waals surface area contributed by atoms with Gasteiger partial charge in [0.05, 0.1) is 12.6 Å². The Kier molecular flexibility index (Phi) is 7.52. The van der Waals surface area contributed by atoms with Crippen LogP contribution >= 0.6 is 24.0 Å². The van der Waals surface area contributed by atoms with E-state index in [0.717, 1.165) is 12.8 Å². The molecular weight excluding hydrogens is 397 g/mol. The third-order valence-corrected chi connectivity index (χ3v) is 3.21. The minimum Gasteiger partial charge on any atom is -0.370 e. The van der Waals surface area contributed by atoms with E-state index in [0.29, 0.717) is 18.3 Å². The van der Waals surface area contributed by atoms with Crippen molar-refractivity contribution in [2.75, 3.05) is 26.0 Å². The first-order chi connectivity index (χ1) is 10.1. The Morgan fingerprint density at radius 1 is 1.50 bits per heavy atom. The smallest absolute Gasteiger partial charge is 0.251 e. The molecule has 2 unspecified atom stereocenters. The molecule has 3 N–H and O–H groups in total. The van der Waals surface area contributed by atoms with Crippen LogP contribution in [0.3, 0.4) is 0 Å². The Labute approximate surface area is 147 Å². The van der Waals surface area contributed by atoms with Crippen molar-refractivity contribution < 1.29 is 9.53 Å². The summed E-state index contributed by atoms with van der Waals surface area (Å²) < 4.78 is 5.69. The van der Waals surface area contributed by atoms with Gasteiger partial charge in [-0.25, -0.2) is 4.98 Å². The molecule has 2 heterocycles. The van der Waals surface area contributed by atoms with Gasteiger partial charge in [0.25, 0.3) is 5.91 Å². The fraction of sp³-hybridized carbons (Fsp3) is 0.500. The van der Waals surface area contributed by atoms with Crippen LogP contribution in [-0.2, 0) is 9.53 Å². The van der Waals surface area contributed by atoms with E-state index in [1.807, 2.05) is 12.1 Å². The summed E-state index contributed by atoms with van der Waals surface area (Å²) >= 11 is 0. The van der Waals surface area contributed by atoms with E-state index in [4.69, 9.17) is 10.5 Å². The average molecular weight is 419 g/mol. The molecule has 2 atom stereocenters. The van der Waals surface area contributed by atoms with Crippen molar-refractivity contribution in [2.24, 2.45) is 10.7 Å². The molecule has 0 bridgehead atoms. The van der Waals surface area contributed by atoms with Crippen molar-refractivity contribution in [3.05, 3.63) is 24.4 Å². The fourth-order valence-corrected chi connectivity index (χ4v) is 2.12. The van der Waals surface area contributed by atoms with Crippen LogP contribution in [0.15, 0.2) is 29.4 Å². The lowest BCUT2D eigenvalue weighted by Crippen LogP contribution is -2.34. The first kappa shape index (κ1) is 18.6. The average Bonchev–Trinajstić information content (AvgIpc) is 2.94. The number of hydrogen-bond acceptors (Lipinski definition) is 4. The maximum absolute atomic E-state index is 11.8. The number of anilines is 1. The number of nitrogens with zero attached hydrogens (tertiary/aromatic N) is 3. The second kappa shape index (κ2) is 8.89. The fourth-order valence-electron chi connectivity index (χ4n) is 2.12. The number of nitrogens with one attached hydrogen (secondary N) is 1. The number of rotatable bonds is 4. The maximum atomic E-state index is 11.8. The number of aromatic nitrogens is 1. The molecule has 1 aromatic heterocycles. The standard InChI is InChI=1S/C14H21N5O2.HI/c1-19(2)13(20)11-7-6-10(21-11)9-17-14(15)18-12-5-3-4-8-16-12;/h3-5,8,10-11H,6-7,9H2,1-2H3,(H3,15,16,17,18);1H. The molecule has 1 saturated heterocycles. The Morgan fingerprint density at radius 3 is 2.91 bits per heavy atom. The highest BCUT2D eigenvalue weighted by Crippen LogP contribution is 2.21. The SMILES string of the molecule is CN(C)C(=O)C1CCC(CN=C(N)Nc2ccccn2)O1.I. The molecule has 0 aliphatic carbocycles. The molecule has 1 aliphatic heterocycles. The summed E-state index contributed by atoms with van der Waals surface area (Å²) in [6, 6.07) is 5.49. The molecule has 0 saturated carbocycles. The number of carbonyl (C=O) groups is 1. The highest BCUT2D eigenvalue weighted by atomic mass is 127. The van der Waals surface area contributed by atoms with Gasteiger partial charge in [-0.1, -0.05) is 6.07 Å². The number of aliphatic imine (C=N–C) groups is 1. The Bertz CT molecular complexity index is 509. The van der Waals surface area contributed by atoms with Gasteiger partial charge in [-0.2, -0.15) is 0 Å². The lowest BCUT2D eigenvalue weighted by Gasteiger charge is -2.16. The first-order valence-corrected chi connectivity index (χ1v) is 6.91. The lowest BCUT2D eigenvalue weighted by atomic mass is 10.2. The zero-order valence-electron chi connectivity index (χ0n) is 12.7. The molecule has 1 fully saturated rings. The van der Waals surface area contributed by atoms with Crippen LogP contribution in [0, 0.1) is 0 Å². The van der Waals surface area contributed by atoms with E-state index in [-0.39, 0.29) is 42.1 Å². The molecule has 8 heteroatoms. The number of guanidine groups is 1. The normalized spacial score (nSPS) is 21.1. The zero-order chi connectivity index (χ0) is 15.2. The van der Waals surface area contributed by atoms with E-state index in [9.17, 15) is 4.79 Å². The first-order valence-electron chi connectivity index (χ1n) is 6.91. The summed E-state index contributed by atoms with van der Waals surface area (Å²) in [5, 5.41) is 2.90. The van der Waals surface area contributed by atoms with Crippen molar-refractivity contribution in [1.82, 2.24) is 9.88 Å². The molecule has 0 aromatic carbocycles. The van der Waals surface area contributed by atoms with Crippen LogP contribution in [-0.4, -0.2) is 54.6 Å². The predicted octanol–water partition coefficient (Wildman–Crippen LogP) is 1.06. The van der Waals surface area contributed by atoms with E-state index in [1.54, 1.807) is 31.3 Å². The molecule has 22 heavy (non-hydrogen) atoms. The number of halogens is 1. The van der Waals surface area contributed by atoms with Gasteiger partial charge in [0.1, 0.15) is 11.9 Å². The summed E-state index contributed by atoms with van der Waals surface area (Å²) in [4.78, 5) is 21.7. The molecule has 2 rings (SSSR count). The summed E-state index contributed by atoms with van der Waals surface area (Å²) in [5.74, 6) is 0.938. The van der Waals surface area contributed by atoms with Crippen LogP contribution in [0.5, 0.6) is 0 Å². The third-order valence-electron chi connectivity index (χ3n) is 3.21. The Balaban J connectivity index is 0.00000242. The van der Waals surface area contributed by atoms with Crippen LogP contribution in [0.1, 0.15) is 12.8 Å². The monoisotopic (exact) mass is 419 g/mol. The summed E-state index contributed by atoms with van der Waals surface area (Å²) in [7, 11) is 3.46. The number of nitrogens with two attached hydrogens (primary N) is 1. The highest BCUT2D eigenvalue weighted by molar-refractivity contribution is 14.0. The van der Waals surface area contributed by atoms with Gasteiger partial charge in [0.2, 0.25) is 0 Å². The van der Waals surface area contributed by atoms with Crippen molar-refractivity contribution in [3.63, 3.8) is 0 Å². The molecule has 1 aliphatic rings. The third kappa shape index (κ3) is 5.41. The number of hydrogen-bond donors (Lipinski definition) is 2. The van der Waals surface area contributed by atoms with Crippen LogP contribution < -0.4 is 11.1 Å². The number of carbonyl (C=O) groups excluding carboxylic acids is 1. The minimum absolute atomic E-state index is 0. The topological polar surface area (TPSA) is 92.8 Å². The highest BCUT2D eigenvalue weighted by Gasteiger charge is 2.31. The quantitative estimate of drug-likeness (QED) is 0.433. The van der Waals surface area contributed by atoms with Gasteiger partial charge < -0.3 is 20.7 Å². The molecule has 1 amide bonds. The zero-order valence-corrected chi connectivity index (χ0v) is 15.1. The van der Waals surface area contributed by atoms with Gasteiger partial charge in [-0.15, -0.1) is 24.0 Å². The van der Waals surface area contributed by atoms with Crippen molar-refractivity contribution in [3.8, 4) is 0 Å². The van der Waals surface area contributed by atoms with E-state index in [1.165, 1.54) is 0 Å². The maximum Gasteiger partial charge on any atom is 0.251 e. The van der Waals surface area contributed by atoms with Gasteiger partial charge >= 0.3 is 0 Å². The van der Waals surface area contributed by atoms with Crippen LogP contribution in [0.25, 0.3) is 0 Å². The Hall–Kier alpha value is -1.42. The molecule has 1 aromatic rings. The number of ether oxygens (including phenoxy) is 1. The number of amides is 1. The molecule has 7 nitrogen and oxygen atoms in total. The van der Waals surface area contributed by atoms with E-state index >= 15 is 0 Å². The number of likely N-dealkylation sites (N-methyl/N-ethyl adjacent to an activating group) is 1. The second-order valence-corrected chi connectivity index (χ2v) is 5.12. The second-order valence-electron chi connectivity index (χ2n) is 5.12. The van der Waals surface area contributed by atoms with Gasteiger partial charge in [0, 0.05) is 20.3 Å². The Morgan fingerprint density at radius 2 is 2.27 bits per heavy atom. The minimum atomic E-state index is -0.356. The van der Waals surface area contributed by atoms with Crippen LogP contribution in [0.4, 0.5) is 5.82 Å². The summed E-state index contributed by atoms with van der Waals surface area (Å²) in [5.41, 5.74) is 5.79. The predicted molar refractivity (Wildman–Crippen MR) is 96.4 cm³/mol. The van der Waals surface area contributed by atoms with Crippen molar-refractivity contribution >= 4 is 41.7 Å². The summed E-state index contributed by atoms with van der Waals surface area (Å²) in [6.45, 7) is 0.433. The van der Waals surface area contributed by atoms with E-state index < -0.39 is 0 Å². The molecule has 0 radical (unpaired) electrons. The molecule has 122 valence electrons. The summed E-state index contributed by atoms with van der Waals surface area (Å²) in [6.07, 6.45) is 2.79. The van der Waals surface area contributed by atoms with Crippen molar-refractivity contribution in [1.29, 1.82) is 0 Å². The molecule has 0 spiro atoms. The van der Waals surface area contributed by atoms with Gasteiger partial charge in [0.15, 0.2) is 5.96 Å². The largest absolute Gasteiger partial charge is 0.370 e. The molecular formula is C14H22IN5O2. The lowest BCUT2D eigenvalue weighted by molar-refractivity contribution is -0.140. The van der Waals surface area contributed by atoms with Crippen molar-refractivity contribution in [2.45, 2.75) is 25.0 Å².